The number of nitrogens with zero attached hydrogens (tertiary/aromatic N) is 4. The average Bonchev–Trinajstić information content (AvgIpc) is 3.16. The molecule has 2 aliphatic rings. The number of anilines is 1. The number of aliphatic hydroxyl groups excluding tert-OH is 1. The molecule has 2 N–H and O–H groups in total. The molecule has 0 radical (unpaired) electrons. The number of carbonyl (C=O) groups is 1. The van der Waals surface area contributed by atoms with Crippen LogP contribution in [0.25, 0.3) is 0 Å². The van der Waals surface area contributed by atoms with Crippen LogP contribution in [0.1, 0.15) is 37.8 Å². The van der Waals surface area contributed by atoms with Gasteiger partial charge in [0.15, 0.2) is 0 Å². The molecule has 0 spiro atoms. The molecule has 1 saturated carbocycles. The number of amides is 1. The van der Waals surface area contributed by atoms with E-state index in [4.69, 9.17) is 16.7 Å². The number of nitrogens with one attached hydrogen (secondary N) is 1. The molecule has 2 aromatic rings. The number of hydrogen-bond donors (Lipinski definition) is 2. The second kappa shape index (κ2) is 8.39. The highest BCUT2D eigenvalue weighted by Crippen LogP contribution is 2.32. The van der Waals surface area contributed by atoms with Gasteiger partial charge in [-0.1, -0.05) is 23.7 Å². The van der Waals surface area contributed by atoms with Gasteiger partial charge in [0.2, 0.25) is 5.91 Å². The van der Waals surface area contributed by atoms with Gasteiger partial charge in [0.25, 0.3) is 0 Å². The zero-order valence-corrected chi connectivity index (χ0v) is 17.0. The lowest BCUT2D eigenvalue weighted by Gasteiger charge is -2.30. The molecule has 0 saturated heterocycles. The first-order valence-electron chi connectivity index (χ1n) is 9.82. The number of carbonyl (C=O) groups excluding carboxylic acids is 1. The second-order valence-corrected chi connectivity index (χ2v) is 7.93. The minimum Gasteiger partial charge on any atom is -0.394 e. The standard InChI is InChI=1S/C21H24ClN5O2/c1-14(13-28)24-21(29)20-10-9-19(15-5-7-16(22)8-6-15)25-27(20)18-11-23-26(12-18)17-3-2-4-17/h5-12,14,17,20,28H,2-4,13H2,1H3,(H,24,29)/t14-,20?/m0/s1. The van der Waals surface area contributed by atoms with Crippen molar-refractivity contribution >= 4 is 28.9 Å². The summed E-state index contributed by atoms with van der Waals surface area (Å²) in [6.07, 6.45) is 10.8. The van der Waals surface area contributed by atoms with E-state index < -0.39 is 6.04 Å². The molecule has 1 aliphatic carbocycles. The molecule has 0 bridgehead atoms. The third-order valence-corrected chi connectivity index (χ3v) is 5.54. The monoisotopic (exact) mass is 413 g/mol. The van der Waals surface area contributed by atoms with E-state index in [0.717, 1.165) is 29.8 Å². The number of hydrazone groups is 1. The van der Waals surface area contributed by atoms with Crippen LogP contribution < -0.4 is 10.3 Å². The number of hydrogen-bond acceptors (Lipinski definition) is 5. The fourth-order valence-corrected chi connectivity index (χ4v) is 3.46. The summed E-state index contributed by atoms with van der Waals surface area (Å²) in [6.45, 7) is 1.63. The molecule has 29 heavy (non-hydrogen) atoms. The van der Waals surface area contributed by atoms with Crippen molar-refractivity contribution < 1.29 is 9.90 Å². The Morgan fingerprint density at radius 3 is 2.76 bits per heavy atom. The van der Waals surface area contributed by atoms with E-state index in [1.807, 2.05) is 47.3 Å². The van der Waals surface area contributed by atoms with Crippen molar-refractivity contribution in [2.75, 3.05) is 11.6 Å². The molecular weight excluding hydrogens is 390 g/mol. The topological polar surface area (TPSA) is 82.8 Å². The average molecular weight is 414 g/mol. The number of halogens is 1. The van der Waals surface area contributed by atoms with E-state index >= 15 is 0 Å². The SMILES string of the molecule is C[C@@H](CO)NC(=O)C1C=CC(c2ccc(Cl)cc2)=NN1c1cnn(C2CCC2)c1. The summed E-state index contributed by atoms with van der Waals surface area (Å²) < 4.78 is 1.96. The van der Waals surface area contributed by atoms with Gasteiger partial charge in [-0.25, -0.2) is 5.01 Å². The molecule has 2 atom stereocenters. The van der Waals surface area contributed by atoms with Gasteiger partial charge in [-0.2, -0.15) is 10.2 Å². The number of allylic oxidation sites excluding steroid dienone is 1. The molecule has 1 amide bonds. The lowest BCUT2D eigenvalue weighted by Crippen LogP contribution is -2.48. The summed E-state index contributed by atoms with van der Waals surface area (Å²) in [5.74, 6) is -0.224. The zero-order chi connectivity index (χ0) is 20.4. The Hall–Kier alpha value is -2.64. The smallest absolute Gasteiger partial charge is 0.249 e. The minimum absolute atomic E-state index is 0.124. The fraction of sp³-hybridized carbons (Fsp3) is 0.381. The van der Waals surface area contributed by atoms with Crippen molar-refractivity contribution in [1.29, 1.82) is 0 Å². The predicted octanol–water partition coefficient (Wildman–Crippen LogP) is 2.91. The molecule has 1 aromatic carbocycles. The Bertz CT molecular complexity index is 933. The Balaban J connectivity index is 1.65. The maximum Gasteiger partial charge on any atom is 0.249 e. The number of aromatic nitrogens is 2. The number of aliphatic hydroxyl groups is 1. The summed E-state index contributed by atoms with van der Waals surface area (Å²) in [4.78, 5) is 12.8. The number of benzene rings is 1. The van der Waals surface area contributed by atoms with E-state index in [9.17, 15) is 9.90 Å². The Morgan fingerprint density at radius 1 is 1.34 bits per heavy atom. The van der Waals surface area contributed by atoms with E-state index in [-0.39, 0.29) is 18.6 Å². The molecular formula is C21H24ClN5O2. The number of rotatable bonds is 6. The Kier molecular flexibility index (Phi) is 5.69. The maximum atomic E-state index is 12.8. The maximum absolute atomic E-state index is 12.8. The van der Waals surface area contributed by atoms with Crippen molar-refractivity contribution in [1.82, 2.24) is 15.1 Å². The van der Waals surface area contributed by atoms with Crippen LogP contribution in [0, 0.1) is 0 Å². The third kappa shape index (κ3) is 4.21. The van der Waals surface area contributed by atoms with E-state index in [1.165, 1.54) is 6.42 Å². The Morgan fingerprint density at radius 2 is 2.10 bits per heavy atom. The molecule has 1 aromatic heterocycles. The van der Waals surface area contributed by atoms with Gasteiger partial charge in [-0.15, -0.1) is 0 Å². The molecule has 7 nitrogen and oxygen atoms in total. The lowest BCUT2D eigenvalue weighted by atomic mass is 9.93. The van der Waals surface area contributed by atoms with Crippen LogP contribution in [-0.2, 0) is 4.79 Å². The minimum atomic E-state index is -0.626. The van der Waals surface area contributed by atoms with Gasteiger partial charge in [0, 0.05) is 16.6 Å². The largest absolute Gasteiger partial charge is 0.394 e. The van der Waals surface area contributed by atoms with Gasteiger partial charge in [0.1, 0.15) is 6.04 Å². The van der Waals surface area contributed by atoms with Crippen molar-refractivity contribution in [2.24, 2.45) is 5.10 Å². The van der Waals surface area contributed by atoms with Gasteiger partial charge < -0.3 is 10.4 Å². The fourth-order valence-electron chi connectivity index (χ4n) is 3.34. The summed E-state index contributed by atoms with van der Waals surface area (Å²) in [5, 5.41) is 23.7. The first-order valence-corrected chi connectivity index (χ1v) is 10.2. The third-order valence-electron chi connectivity index (χ3n) is 5.29. The summed E-state index contributed by atoms with van der Waals surface area (Å²) in [7, 11) is 0. The molecule has 4 rings (SSSR count). The van der Waals surface area contributed by atoms with E-state index in [0.29, 0.717) is 11.1 Å². The highest BCUT2D eigenvalue weighted by atomic mass is 35.5. The van der Waals surface area contributed by atoms with Gasteiger partial charge >= 0.3 is 0 Å². The van der Waals surface area contributed by atoms with Crippen LogP contribution >= 0.6 is 11.6 Å². The molecule has 2 heterocycles. The van der Waals surface area contributed by atoms with Crippen molar-refractivity contribution in [2.45, 2.75) is 44.3 Å². The van der Waals surface area contributed by atoms with Crippen LogP contribution in [0.3, 0.4) is 0 Å². The van der Waals surface area contributed by atoms with Crippen LogP contribution in [0.5, 0.6) is 0 Å². The molecule has 1 unspecified atom stereocenters. The quantitative estimate of drug-likeness (QED) is 0.762. The lowest BCUT2D eigenvalue weighted by molar-refractivity contribution is -0.122. The first kappa shape index (κ1) is 19.7. The summed E-state index contributed by atoms with van der Waals surface area (Å²) >= 11 is 6.00. The van der Waals surface area contributed by atoms with Crippen LogP contribution in [-0.4, -0.2) is 45.2 Å². The van der Waals surface area contributed by atoms with Gasteiger partial charge in [-0.05, 0) is 50.5 Å². The first-order chi connectivity index (χ1) is 14.0. The van der Waals surface area contributed by atoms with E-state index in [2.05, 4.69) is 10.4 Å². The van der Waals surface area contributed by atoms with E-state index in [1.54, 1.807) is 18.1 Å². The molecule has 1 fully saturated rings. The summed E-state index contributed by atoms with van der Waals surface area (Å²) in [5.41, 5.74) is 2.39. The van der Waals surface area contributed by atoms with Crippen LogP contribution in [0.4, 0.5) is 5.69 Å². The van der Waals surface area contributed by atoms with Crippen LogP contribution in [0.2, 0.25) is 5.02 Å². The predicted molar refractivity (Wildman–Crippen MR) is 113 cm³/mol. The van der Waals surface area contributed by atoms with Crippen molar-refractivity contribution in [3.63, 3.8) is 0 Å². The molecule has 152 valence electrons. The zero-order valence-electron chi connectivity index (χ0n) is 16.2. The van der Waals surface area contributed by atoms with Gasteiger partial charge in [0.05, 0.1) is 36.4 Å². The van der Waals surface area contributed by atoms with Gasteiger partial charge in [-0.3, -0.25) is 9.48 Å². The Labute approximate surface area is 174 Å². The van der Waals surface area contributed by atoms with Crippen molar-refractivity contribution in [3.8, 4) is 0 Å². The molecule has 1 aliphatic heterocycles. The highest BCUT2D eigenvalue weighted by molar-refractivity contribution is 6.30. The summed E-state index contributed by atoms with van der Waals surface area (Å²) in [6, 6.07) is 6.88. The highest BCUT2D eigenvalue weighted by Gasteiger charge is 2.30. The van der Waals surface area contributed by atoms with Crippen LogP contribution in [0.15, 0.2) is 53.9 Å². The molecule has 8 heteroatoms. The second-order valence-electron chi connectivity index (χ2n) is 7.50. The normalized spacial score (nSPS) is 20.2. The van der Waals surface area contributed by atoms with Crippen molar-refractivity contribution in [3.05, 3.63) is 59.4 Å².